The number of thiophene rings is 1. The molecule has 1 saturated heterocycles. The summed E-state index contributed by atoms with van der Waals surface area (Å²) in [6.07, 6.45) is 4.30. The Bertz CT molecular complexity index is 1260. The fraction of sp³-hybridized carbons (Fsp3) is 0.391. The van der Waals surface area contributed by atoms with E-state index in [-0.39, 0.29) is 17.3 Å². The van der Waals surface area contributed by atoms with E-state index in [1.807, 2.05) is 29.2 Å². The van der Waals surface area contributed by atoms with E-state index in [0.29, 0.717) is 17.0 Å². The van der Waals surface area contributed by atoms with Gasteiger partial charge in [0.2, 0.25) is 5.91 Å². The van der Waals surface area contributed by atoms with E-state index in [9.17, 15) is 9.59 Å². The average molecular weight is 436 g/mol. The number of nitrogen functional groups attached to an aromatic ring is 1. The maximum Gasteiger partial charge on any atom is 0.272 e. The molecule has 1 saturated carbocycles. The molecule has 1 aliphatic heterocycles. The monoisotopic (exact) mass is 435 g/mol. The highest BCUT2D eigenvalue weighted by atomic mass is 32.1. The largest absolute Gasteiger partial charge is 0.383 e. The van der Waals surface area contributed by atoms with Crippen molar-refractivity contribution in [1.29, 1.82) is 5.41 Å². The van der Waals surface area contributed by atoms with Crippen molar-refractivity contribution in [3.8, 4) is 0 Å². The lowest BCUT2D eigenvalue weighted by atomic mass is 9.93. The molecule has 8 heteroatoms. The number of benzene rings is 1. The highest BCUT2D eigenvalue weighted by Gasteiger charge is 2.53. The van der Waals surface area contributed by atoms with E-state index in [1.54, 1.807) is 17.7 Å². The van der Waals surface area contributed by atoms with Crippen LogP contribution in [0.15, 0.2) is 35.1 Å². The number of amides is 1. The maximum absolute atomic E-state index is 13.2. The molecule has 0 bridgehead atoms. The van der Waals surface area contributed by atoms with Crippen molar-refractivity contribution in [3.05, 3.63) is 61.7 Å². The van der Waals surface area contributed by atoms with Gasteiger partial charge in [0.1, 0.15) is 11.5 Å². The summed E-state index contributed by atoms with van der Waals surface area (Å²) in [4.78, 5) is 34.4. The van der Waals surface area contributed by atoms with E-state index < -0.39 is 5.41 Å². The number of carbonyl (C=O) groups is 1. The molecule has 160 valence electrons. The summed E-state index contributed by atoms with van der Waals surface area (Å²) in [5, 5.41) is 7.57. The predicted octanol–water partition coefficient (Wildman–Crippen LogP) is 2.52. The minimum Gasteiger partial charge on any atom is -0.383 e. The summed E-state index contributed by atoms with van der Waals surface area (Å²) in [6, 6.07) is 9.58. The van der Waals surface area contributed by atoms with Crippen molar-refractivity contribution >= 4 is 34.1 Å². The van der Waals surface area contributed by atoms with Gasteiger partial charge in [-0.3, -0.25) is 15.0 Å². The second-order valence-electron chi connectivity index (χ2n) is 8.56. The minimum absolute atomic E-state index is 0.0256. The zero-order valence-corrected chi connectivity index (χ0v) is 18.3. The summed E-state index contributed by atoms with van der Waals surface area (Å²) in [5.41, 5.74) is 7.97. The number of aryl methyl sites for hydroxylation is 1. The molecule has 0 spiro atoms. The third-order valence-corrected chi connectivity index (χ3v) is 7.64. The number of carbonyl (C=O) groups excluding carboxylic acids is 1. The summed E-state index contributed by atoms with van der Waals surface area (Å²) < 4.78 is 1.63. The van der Waals surface area contributed by atoms with Crippen LogP contribution in [0.2, 0.25) is 0 Å². The Labute approximate surface area is 184 Å². The van der Waals surface area contributed by atoms with Gasteiger partial charge in [-0.2, -0.15) is 0 Å². The number of nitrogens with one attached hydrogen (secondary N) is 1. The van der Waals surface area contributed by atoms with Gasteiger partial charge < -0.3 is 15.2 Å². The van der Waals surface area contributed by atoms with Crippen LogP contribution in [0.3, 0.4) is 0 Å². The second kappa shape index (κ2) is 7.30. The Hall–Kier alpha value is -3.00. The van der Waals surface area contributed by atoms with Crippen molar-refractivity contribution in [2.24, 2.45) is 12.8 Å². The predicted molar refractivity (Wildman–Crippen MR) is 122 cm³/mol. The normalized spacial score (nSPS) is 17.3. The number of likely N-dealkylation sites (tertiary alicyclic amines) is 1. The third kappa shape index (κ3) is 3.35. The first-order valence-corrected chi connectivity index (χ1v) is 11.4. The molecular weight excluding hydrogens is 410 g/mol. The number of nitrogens with zero attached hydrogens (tertiary/aromatic N) is 3. The Morgan fingerprint density at radius 2 is 1.97 bits per heavy atom. The molecule has 2 aliphatic rings. The van der Waals surface area contributed by atoms with E-state index in [4.69, 9.17) is 16.1 Å². The number of hydrogen-bond donors (Lipinski definition) is 2. The first-order chi connectivity index (χ1) is 14.9. The average Bonchev–Trinajstić information content (AvgIpc) is 3.15. The van der Waals surface area contributed by atoms with E-state index in [0.717, 1.165) is 60.2 Å². The van der Waals surface area contributed by atoms with Crippen LogP contribution in [0.1, 0.15) is 46.7 Å². The Balaban J connectivity index is 1.52. The Morgan fingerprint density at radius 3 is 2.61 bits per heavy atom. The summed E-state index contributed by atoms with van der Waals surface area (Å²) in [6.45, 7) is 1.71. The maximum atomic E-state index is 13.2. The van der Waals surface area contributed by atoms with Crippen LogP contribution < -0.4 is 11.3 Å². The fourth-order valence-electron chi connectivity index (χ4n) is 4.56. The summed E-state index contributed by atoms with van der Waals surface area (Å²) in [7, 11) is 1.76. The standard InChI is InChI=1S/C23H25N5O2S/c1-27-18-6-4-14(23(8-9-23)22(30)28-10-2-3-11-28)12-16(18)26-17(21(27)29)13-15-5-7-19(31-15)20(24)25/h4-7,12H,2-3,8-11,13H2,1H3,(H3,24,25). The molecule has 31 heavy (non-hydrogen) atoms. The van der Waals surface area contributed by atoms with Gasteiger partial charge in [-0.15, -0.1) is 11.3 Å². The number of amidine groups is 1. The second-order valence-corrected chi connectivity index (χ2v) is 9.73. The summed E-state index contributed by atoms with van der Waals surface area (Å²) in [5.74, 6) is 0.266. The third-order valence-electron chi connectivity index (χ3n) is 6.52. The molecule has 2 fully saturated rings. The molecule has 3 N–H and O–H groups in total. The molecular formula is C23H25N5O2S. The minimum atomic E-state index is -0.417. The van der Waals surface area contributed by atoms with Crippen molar-refractivity contribution in [1.82, 2.24) is 14.5 Å². The van der Waals surface area contributed by atoms with Gasteiger partial charge in [-0.1, -0.05) is 6.07 Å². The highest BCUT2D eigenvalue weighted by molar-refractivity contribution is 7.14. The van der Waals surface area contributed by atoms with Crippen molar-refractivity contribution < 1.29 is 4.79 Å². The van der Waals surface area contributed by atoms with Gasteiger partial charge in [0.05, 0.1) is 21.3 Å². The van der Waals surface area contributed by atoms with Gasteiger partial charge in [-0.25, -0.2) is 4.98 Å². The van der Waals surface area contributed by atoms with Gasteiger partial charge in [0.25, 0.3) is 5.56 Å². The first-order valence-electron chi connectivity index (χ1n) is 10.6. The molecule has 0 unspecified atom stereocenters. The van der Waals surface area contributed by atoms with Crippen LogP contribution in [-0.4, -0.2) is 39.3 Å². The molecule has 7 nitrogen and oxygen atoms in total. The van der Waals surface area contributed by atoms with Crippen LogP contribution >= 0.6 is 11.3 Å². The smallest absolute Gasteiger partial charge is 0.272 e. The van der Waals surface area contributed by atoms with Gasteiger partial charge in [-0.05, 0) is 55.5 Å². The lowest BCUT2D eigenvalue weighted by Crippen LogP contribution is -2.37. The van der Waals surface area contributed by atoms with Crippen LogP contribution in [-0.2, 0) is 23.7 Å². The van der Waals surface area contributed by atoms with Crippen molar-refractivity contribution in [2.75, 3.05) is 13.1 Å². The van der Waals surface area contributed by atoms with Gasteiger partial charge >= 0.3 is 0 Å². The van der Waals surface area contributed by atoms with E-state index >= 15 is 0 Å². The molecule has 1 amide bonds. The van der Waals surface area contributed by atoms with E-state index in [1.165, 1.54) is 11.3 Å². The van der Waals surface area contributed by atoms with Crippen molar-refractivity contribution in [3.63, 3.8) is 0 Å². The SMILES string of the molecule is Cn1c(=O)c(Cc2ccc(C(=N)N)s2)nc2cc(C3(C(=O)N4CCCC4)CC3)ccc21. The van der Waals surface area contributed by atoms with E-state index in [2.05, 4.69) is 0 Å². The zero-order valence-electron chi connectivity index (χ0n) is 17.5. The van der Waals surface area contributed by atoms with Crippen LogP contribution in [0.25, 0.3) is 11.0 Å². The number of hydrogen-bond acceptors (Lipinski definition) is 5. The van der Waals surface area contributed by atoms with Gasteiger partial charge in [0, 0.05) is 31.4 Å². The Morgan fingerprint density at radius 1 is 1.23 bits per heavy atom. The first kappa shape index (κ1) is 19.9. The molecule has 5 rings (SSSR count). The Kier molecular flexibility index (Phi) is 4.69. The quantitative estimate of drug-likeness (QED) is 0.474. The molecule has 0 radical (unpaired) electrons. The lowest BCUT2D eigenvalue weighted by molar-refractivity contribution is -0.132. The topological polar surface area (TPSA) is 105 Å². The van der Waals surface area contributed by atoms with Crippen LogP contribution in [0, 0.1) is 5.41 Å². The van der Waals surface area contributed by atoms with Crippen molar-refractivity contribution in [2.45, 2.75) is 37.5 Å². The molecule has 1 aromatic carbocycles. The molecule has 2 aromatic heterocycles. The number of fused-ring (bicyclic) bond motifs is 1. The molecule has 3 aromatic rings. The van der Waals surface area contributed by atoms with Crippen LogP contribution in [0.5, 0.6) is 0 Å². The molecule has 0 atom stereocenters. The zero-order chi connectivity index (χ0) is 21.8. The number of nitrogens with two attached hydrogens (primary N) is 1. The molecule has 1 aliphatic carbocycles. The number of aromatic nitrogens is 2. The summed E-state index contributed by atoms with van der Waals surface area (Å²) >= 11 is 1.40. The fourth-order valence-corrected chi connectivity index (χ4v) is 5.44. The van der Waals surface area contributed by atoms with Crippen LogP contribution in [0.4, 0.5) is 0 Å². The molecule has 3 heterocycles. The highest BCUT2D eigenvalue weighted by Crippen LogP contribution is 2.50. The van der Waals surface area contributed by atoms with Gasteiger partial charge in [0.15, 0.2) is 0 Å². The number of rotatable bonds is 5. The lowest BCUT2D eigenvalue weighted by Gasteiger charge is -2.23.